The number of rotatable bonds is 47. The molecule has 2 atom stereocenters. The van der Waals surface area contributed by atoms with Gasteiger partial charge in [-0.25, -0.2) is 0 Å². The smallest absolute Gasteiger partial charge is 0.220 e. The number of hydrogen-bond acceptors (Lipinski definition) is 3. The van der Waals surface area contributed by atoms with E-state index < -0.39 is 12.1 Å². The van der Waals surface area contributed by atoms with Crippen molar-refractivity contribution < 1.29 is 15.0 Å². The molecule has 0 spiro atoms. The standard InChI is InChI=1S/C54H101NO3/c1-3-5-7-9-10-11-12-13-14-15-16-17-18-19-20-21-22-23-24-25-26-27-28-29-30-31-32-33-34-35-36-37-38-39-40-41-42-43-44-46-48-50-54(58)55-52(51-56)53(57)49-47-45-8-6-4-2/h12-13,15-16,18-19,47,49,52-53,56-57H,3-11,14,17,20-46,48,50-51H2,1-2H3,(H,55,58)/b13-12-,16-15-,19-18-,49-47+. The molecular weight excluding hydrogens is 711 g/mol. The maximum Gasteiger partial charge on any atom is 0.220 e. The third-order valence-corrected chi connectivity index (χ3v) is 11.8. The molecule has 0 aromatic rings. The van der Waals surface area contributed by atoms with Crippen molar-refractivity contribution in [2.24, 2.45) is 0 Å². The van der Waals surface area contributed by atoms with E-state index >= 15 is 0 Å². The summed E-state index contributed by atoms with van der Waals surface area (Å²) < 4.78 is 0. The number of aliphatic hydroxyl groups is 2. The molecule has 0 aromatic heterocycles. The van der Waals surface area contributed by atoms with Crippen molar-refractivity contribution in [3.8, 4) is 0 Å². The molecule has 0 saturated carbocycles. The number of hydrogen-bond donors (Lipinski definition) is 3. The van der Waals surface area contributed by atoms with E-state index in [4.69, 9.17) is 0 Å². The average molecular weight is 812 g/mol. The fourth-order valence-corrected chi connectivity index (χ4v) is 7.83. The lowest BCUT2D eigenvalue weighted by Gasteiger charge is -2.20. The first kappa shape index (κ1) is 56.4. The third-order valence-electron chi connectivity index (χ3n) is 11.8. The lowest BCUT2D eigenvalue weighted by atomic mass is 10.0. The van der Waals surface area contributed by atoms with E-state index in [1.54, 1.807) is 6.08 Å². The molecule has 0 radical (unpaired) electrons. The minimum atomic E-state index is -0.833. The van der Waals surface area contributed by atoms with Gasteiger partial charge in [0.15, 0.2) is 0 Å². The van der Waals surface area contributed by atoms with Crippen LogP contribution in [0.4, 0.5) is 0 Å². The summed E-state index contributed by atoms with van der Waals surface area (Å²) in [5, 5.41) is 22.7. The molecule has 0 rings (SSSR count). The molecule has 0 aliphatic heterocycles. The zero-order valence-corrected chi connectivity index (χ0v) is 39.1. The zero-order chi connectivity index (χ0) is 42.1. The van der Waals surface area contributed by atoms with Crippen LogP contribution in [0.3, 0.4) is 0 Å². The van der Waals surface area contributed by atoms with Gasteiger partial charge in [-0.1, -0.05) is 255 Å². The van der Waals surface area contributed by atoms with Crippen molar-refractivity contribution in [1.82, 2.24) is 5.32 Å². The Bertz CT molecular complexity index is 923. The van der Waals surface area contributed by atoms with E-state index in [1.165, 1.54) is 212 Å². The van der Waals surface area contributed by atoms with E-state index in [1.807, 2.05) is 6.08 Å². The predicted octanol–water partition coefficient (Wildman–Crippen LogP) is 16.7. The van der Waals surface area contributed by atoms with Gasteiger partial charge in [-0.15, -0.1) is 0 Å². The molecule has 0 aromatic carbocycles. The van der Waals surface area contributed by atoms with Crippen molar-refractivity contribution in [2.75, 3.05) is 6.61 Å². The second-order valence-electron chi connectivity index (χ2n) is 17.6. The molecule has 0 bridgehead atoms. The first-order valence-electron chi connectivity index (χ1n) is 25.9. The Hall–Kier alpha value is -1.65. The molecular formula is C54H101NO3. The molecule has 0 aliphatic rings. The lowest BCUT2D eigenvalue weighted by molar-refractivity contribution is -0.123. The molecule has 340 valence electrons. The second kappa shape index (κ2) is 49.7. The summed E-state index contributed by atoms with van der Waals surface area (Å²) in [6, 6.07) is -0.616. The number of unbranched alkanes of at least 4 members (excludes halogenated alkanes) is 34. The molecule has 4 heteroatoms. The number of aliphatic hydroxyl groups excluding tert-OH is 2. The summed E-state index contributed by atoms with van der Waals surface area (Å²) >= 11 is 0. The van der Waals surface area contributed by atoms with Gasteiger partial charge in [0.05, 0.1) is 18.8 Å². The van der Waals surface area contributed by atoms with Crippen LogP contribution in [0.2, 0.25) is 0 Å². The van der Waals surface area contributed by atoms with Gasteiger partial charge in [-0.2, -0.15) is 0 Å². The highest BCUT2D eigenvalue weighted by Gasteiger charge is 2.17. The van der Waals surface area contributed by atoms with Crippen molar-refractivity contribution in [3.63, 3.8) is 0 Å². The summed E-state index contributed by atoms with van der Waals surface area (Å²) in [5.41, 5.74) is 0. The van der Waals surface area contributed by atoms with Gasteiger partial charge in [0, 0.05) is 6.42 Å². The molecule has 58 heavy (non-hydrogen) atoms. The molecule has 0 aliphatic carbocycles. The van der Waals surface area contributed by atoms with Gasteiger partial charge in [0.25, 0.3) is 0 Å². The van der Waals surface area contributed by atoms with Crippen molar-refractivity contribution in [1.29, 1.82) is 0 Å². The number of carbonyl (C=O) groups excluding carboxylic acids is 1. The van der Waals surface area contributed by atoms with Crippen LogP contribution in [-0.2, 0) is 4.79 Å². The Labute approximate surface area is 363 Å². The summed E-state index contributed by atoms with van der Waals surface area (Å²) in [6.07, 6.45) is 68.9. The van der Waals surface area contributed by atoms with E-state index in [0.29, 0.717) is 6.42 Å². The van der Waals surface area contributed by atoms with E-state index in [0.717, 1.165) is 38.5 Å². The van der Waals surface area contributed by atoms with Crippen molar-refractivity contribution >= 4 is 5.91 Å². The summed E-state index contributed by atoms with van der Waals surface area (Å²) in [7, 11) is 0. The second-order valence-corrected chi connectivity index (χ2v) is 17.6. The van der Waals surface area contributed by atoms with Crippen LogP contribution < -0.4 is 5.32 Å². The average Bonchev–Trinajstić information content (AvgIpc) is 3.23. The summed E-state index contributed by atoms with van der Waals surface area (Å²) in [5.74, 6) is -0.0682. The number of allylic oxidation sites excluding steroid dienone is 7. The van der Waals surface area contributed by atoms with Gasteiger partial charge in [0.1, 0.15) is 0 Å². The number of carbonyl (C=O) groups is 1. The Kier molecular flexibility index (Phi) is 48.3. The zero-order valence-electron chi connectivity index (χ0n) is 39.1. The minimum Gasteiger partial charge on any atom is -0.394 e. The number of nitrogens with one attached hydrogen (secondary N) is 1. The first-order chi connectivity index (χ1) is 28.7. The van der Waals surface area contributed by atoms with Gasteiger partial charge < -0.3 is 15.5 Å². The van der Waals surface area contributed by atoms with Crippen LogP contribution in [0.15, 0.2) is 48.6 Å². The highest BCUT2D eigenvalue weighted by atomic mass is 16.3. The monoisotopic (exact) mass is 812 g/mol. The highest BCUT2D eigenvalue weighted by molar-refractivity contribution is 5.76. The predicted molar refractivity (Wildman–Crippen MR) is 258 cm³/mol. The van der Waals surface area contributed by atoms with E-state index in [-0.39, 0.29) is 12.5 Å². The van der Waals surface area contributed by atoms with Gasteiger partial charge in [0.2, 0.25) is 5.91 Å². The molecule has 2 unspecified atom stereocenters. The molecule has 0 saturated heterocycles. The molecule has 0 heterocycles. The Morgan fingerprint density at radius 1 is 0.414 bits per heavy atom. The van der Waals surface area contributed by atoms with Crippen LogP contribution >= 0.6 is 0 Å². The largest absolute Gasteiger partial charge is 0.394 e. The minimum absolute atomic E-state index is 0.0682. The molecule has 4 nitrogen and oxygen atoms in total. The third kappa shape index (κ3) is 45.4. The van der Waals surface area contributed by atoms with Gasteiger partial charge in [-0.3, -0.25) is 4.79 Å². The normalized spacial score (nSPS) is 13.2. The Balaban J connectivity index is 3.31. The Morgan fingerprint density at radius 2 is 0.707 bits per heavy atom. The maximum atomic E-state index is 12.3. The lowest BCUT2D eigenvalue weighted by Crippen LogP contribution is -2.45. The van der Waals surface area contributed by atoms with Crippen LogP contribution in [0, 0.1) is 0 Å². The summed E-state index contributed by atoms with van der Waals surface area (Å²) in [4.78, 5) is 12.3. The highest BCUT2D eigenvalue weighted by Crippen LogP contribution is 2.17. The fourth-order valence-electron chi connectivity index (χ4n) is 7.83. The molecule has 3 N–H and O–H groups in total. The quantitative estimate of drug-likeness (QED) is 0.0423. The SMILES string of the molecule is CCCCC/C=C/C(O)C(CO)NC(=O)CCCCCCCCCCCCCCCCCCCCCCCCCCCC/C=C\C/C=C\C/C=C\CCCCCCC. The fraction of sp³-hybridized carbons (Fsp3) is 0.833. The van der Waals surface area contributed by atoms with Gasteiger partial charge in [-0.05, 0) is 57.8 Å². The number of amides is 1. The Morgan fingerprint density at radius 3 is 1.09 bits per heavy atom. The molecule has 1 amide bonds. The van der Waals surface area contributed by atoms with Crippen LogP contribution in [0.25, 0.3) is 0 Å². The van der Waals surface area contributed by atoms with Crippen LogP contribution in [0.1, 0.15) is 271 Å². The maximum absolute atomic E-state index is 12.3. The van der Waals surface area contributed by atoms with E-state index in [9.17, 15) is 15.0 Å². The van der Waals surface area contributed by atoms with Crippen LogP contribution in [0.5, 0.6) is 0 Å². The topological polar surface area (TPSA) is 69.6 Å². The first-order valence-corrected chi connectivity index (χ1v) is 25.9. The van der Waals surface area contributed by atoms with Crippen molar-refractivity contribution in [2.45, 2.75) is 283 Å². The molecule has 0 fully saturated rings. The van der Waals surface area contributed by atoms with Crippen molar-refractivity contribution in [3.05, 3.63) is 48.6 Å². The summed E-state index contributed by atoms with van der Waals surface area (Å²) in [6.45, 7) is 4.20. The van der Waals surface area contributed by atoms with Crippen LogP contribution in [-0.4, -0.2) is 34.9 Å². The van der Waals surface area contributed by atoms with Gasteiger partial charge >= 0.3 is 0 Å². The van der Waals surface area contributed by atoms with E-state index in [2.05, 4.69) is 55.6 Å².